The molecule has 1 aromatic heterocycles. The number of amides is 1. The third-order valence-electron chi connectivity index (χ3n) is 2.58. The van der Waals surface area contributed by atoms with Gasteiger partial charge in [0, 0.05) is 44.8 Å². The summed E-state index contributed by atoms with van der Waals surface area (Å²) in [5.74, 6) is -0.0184. The van der Waals surface area contributed by atoms with E-state index in [2.05, 4.69) is 10.3 Å². The molecule has 5 heteroatoms. The first-order valence-corrected chi connectivity index (χ1v) is 5.21. The summed E-state index contributed by atoms with van der Waals surface area (Å²) >= 11 is 0. The molecule has 1 heterocycles. The van der Waals surface area contributed by atoms with E-state index in [1.165, 1.54) is 6.92 Å². The summed E-state index contributed by atoms with van der Waals surface area (Å²) in [6.45, 7) is 1.82. The van der Waals surface area contributed by atoms with Crippen LogP contribution in [0, 0.1) is 0 Å². The molecule has 0 unspecified atom stereocenters. The minimum Gasteiger partial charge on any atom is -0.525 e. The number of pyridine rings is 1. The standard InChI is InChI=1S/C13H11N2O2.W/c1-9(17)12-6-15-13(7-14-8-16)11-5-3-2-4-10(11)12;/h2-6H,7H2,1H3,(H,14,16);/q-1;. The van der Waals surface area contributed by atoms with Gasteiger partial charge >= 0.3 is 0 Å². The first-order valence-electron chi connectivity index (χ1n) is 5.21. The predicted molar refractivity (Wildman–Crippen MR) is 64.3 cm³/mol. The van der Waals surface area contributed by atoms with Crippen molar-refractivity contribution in [3.05, 3.63) is 41.7 Å². The van der Waals surface area contributed by atoms with Crippen LogP contribution in [0.4, 0.5) is 0 Å². The second-order valence-corrected chi connectivity index (χ2v) is 3.68. The Morgan fingerprint density at radius 3 is 2.61 bits per heavy atom. The summed E-state index contributed by atoms with van der Waals surface area (Å²) in [7, 11) is 0. The van der Waals surface area contributed by atoms with Crippen LogP contribution in [0.3, 0.4) is 0 Å². The Morgan fingerprint density at radius 1 is 1.33 bits per heavy atom. The normalized spacial score (nSPS) is 9.61. The smallest absolute Gasteiger partial charge is 0.161 e. The van der Waals surface area contributed by atoms with Crippen LogP contribution in [0.1, 0.15) is 23.0 Å². The van der Waals surface area contributed by atoms with E-state index < -0.39 is 0 Å². The predicted octanol–water partition coefficient (Wildman–Crippen LogP) is 1.59. The van der Waals surface area contributed by atoms with Crippen molar-refractivity contribution in [2.24, 2.45) is 0 Å². The van der Waals surface area contributed by atoms with Gasteiger partial charge in [0.05, 0.1) is 5.69 Å². The Morgan fingerprint density at radius 2 is 2.00 bits per heavy atom. The number of benzene rings is 1. The Bertz CT molecular complexity index is 584. The van der Waals surface area contributed by atoms with E-state index in [9.17, 15) is 9.59 Å². The molecule has 2 aromatic rings. The summed E-state index contributed by atoms with van der Waals surface area (Å²) in [4.78, 5) is 25.8. The molecule has 92 valence electrons. The molecule has 1 amide bonds. The van der Waals surface area contributed by atoms with Gasteiger partial charge in [-0.3, -0.25) is 9.78 Å². The second kappa shape index (κ2) is 6.41. The topological polar surface area (TPSA) is 59.1 Å². The van der Waals surface area contributed by atoms with Gasteiger partial charge in [-0.1, -0.05) is 24.3 Å². The molecule has 0 saturated carbocycles. The summed E-state index contributed by atoms with van der Waals surface area (Å²) in [6, 6.07) is 7.51. The fourth-order valence-electron chi connectivity index (χ4n) is 1.79. The first-order chi connectivity index (χ1) is 8.24. The third kappa shape index (κ3) is 2.82. The van der Waals surface area contributed by atoms with Crippen molar-refractivity contribution in [3.8, 4) is 0 Å². The van der Waals surface area contributed by atoms with Gasteiger partial charge in [0.1, 0.15) is 0 Å². The van der Waals surface area contributed by atoms with Crippen LogP contribution in [-0.2, 0) is 32.4 Å². The van der Waals surface area contributed by atoms with E-state index >= 15 is 0 Å². The fraction of sp³-hybridized carbons (Fsp3) is 0.154. The molecule has 0 aliphatic carbocycles. The first kappa shape index (κ1) is 14.5. The summed E-state index contributed by atoms with van der Waals surface area (Å²) in [5, 5.41) is 4.19. The number of rotatable bonds is 4. The molecule has 1 aromatic carbocycles. The van der Waals surface area contributed by atoms with Crippen LogP contribution in [0.15, 0.2) is 30.5 Å². The number of nitrogens with zero attached hydrogens (tertiary/aromatic N) is 1. The van der Waals surface area contributed by atoms with Crippen molar-refractivity contribution in [1.82, 2.24) is 10.3 Å². The third-order valence-corrected chi connectivity index (χ3v) is 2.58. The number of hydrogen-bond donors (Lipinski definition) is 1. The minimum atomic E-state index is -0.0184. The van der Waals surface area contributed by atoms with Crippen molar-refractivity contribution >= 4 is 23.0 Å². The second-order valence-electron chi connectivity index (χ2n) is 3.68. The van der Waals surface area contributed by atoms with Crippen LogP contribution < -0.4 is 5.32 Å². The van der Waals surface area contributed by atoms with Gasteiger partial charge in [0.15, 0.2) is 5.78 Å². The molecule has 1 N–H and O–H groups in total. The zero-order valence-corrected chi connectivity index (χ0v) is 12.7. The van der Waals surface area contributed by atoms with Crippen LogP contribution in [0.2, 0.25) is 0 Å². The van der Waals surface area contributed by atoms with Crippen molar-refractivity contribution in [3.63, 3.8) is 0 Å². The number of fused-ring (bicyclic) bond motifs is 1. The number of ketones is 1. The number of nitrogens with one attached hydrogen (secondary N) is 1. The van der Waals surface area contributed by atoms with Gasteiger partial charge in [0.2, 0.25) is 0 Å². The number of carbonyl (C=O) groups is 1. The van der Waals surface area contributed by atoms with E-state index in [4.69, 9.17) is 0 Å². The van der Waals surface area contributed by atoms with Crippen LogP contribution in [0.25, 0.3) is 10.8 Å². The Kier molecular flexibility index (Phi) is 5.17. The number of hydrogen-bond acceptors (Lipinski definition) is 3. The molecular weight excluding hydrogens is 400 g/mol. The Hall–Kier alpha value is -1.54. The number of carbonyl (C=O) groups excluding carboxylic acids is 2. The van der Waals surface area contributed by atoms with Gasteiger partial charge < -0.3 is 10.1 Å². The molecule has 0 fully saturated rings. The molecule has 0 saturated heterocycles. The molecule has 0 radical (unpaired) electrons. The molecule has 0 aliphatic rings. The minimum absolute atomic E-state index is 0. The van der Waals surface area contributed by atoms with Crippen molar-refractivity contribution in [2.75, 3.05) is 0 Å². The molecule has 18 heavy (non-hydrogen) atoms. The largest absolute Gasteiger partial charge is 0.525 e. The van der Waals surface area contributed by atoms with Crippen LogP contribution >= 0.6 is 0 Å². The molecule has 4 nitrogen and oxygen atoms in total. The van der Waals surface area contributed by atoms with Crippen molar-refractivity contribution in [2.45, 2.75) is 13.5 Å². The Balaban J connectivity index is 0.00000162. The van der Waals surface area contributed by atoms with E-state index in [1.807, 2.05) is 24.3 Å². The maximum absolute atomic E-state index is 11.5. The van der Waals surface area contributed by atoms with Crippen LogP contribution in [0.5, 0.6) is 0 Å². The van der Waals surface area contributed by atoms with Gasteiger partial charge in [0.25, 0.3) is 0 Å². The Labute approximate surface area is 119 Å². The average Bonchev–Trinajstić information content (AvgIpc) is 2.35. The van der Waals surface area contributed by atoms with Crippen LogP contribution in [-0.4, -0.2) is 17.2 Å². The van der Waals surface area contributed by atoms with Crippen molar-refractivity contribution in [1.29, 1.82) is 0 Å². The van der Waals surface area contributed by atoms with Gasteiger partial charge in [-0.25, -0.2) is 0 Å². The number of Topliss-reactive ketones (excluding diaryl/α,β-unsaturated/α-hetero) is 1. The van der Waals surface area contributed by atoms with E-state index in [0.29, 0.717) is 12.1 Å². The quantitative estimate of drug-likeness (QED) is 0.473. The molecule has 0 atom stereocenters. The van der Waals surface area contributed by atoms with Gasteiger partial charge in [-0.15, -0.1) is 0 Å². The summed E-state index contributed by atoms with van der Waals surface area (Å²) in [5.41, 5.74) is 1.33. The molecule has 2 rings (SSSR count). The fourth-order valence-corrected chi connectivity index (χ4v) is 1.79. The van der Waals surface area contributed by atoms with Crippen molar-refractivity contribution < 1.29 is 30.7 Å². The maximum atomic E-state index is 11.5. The molecule has 0 spiro atoms. The number of aromatic nitrogens is 1. The average molecular weight is 411 g/mol. The van der Waals surface area contributed by atoms with E-state index in [1.54, 1.807) is 12.6 Å². The molecule has 0 aliphatic heterocycles. The zero-order chi connectivity index (χ0) is 12.3. The van der Waals surface area contributed by atoms with E-state index in [0.717, 1.165) is 16.5 Å². The van der Waals surface area contributed by atoms with Gasteiger partial charge in [-0.05, 0) is 12.3 Å². The molecular formula is C13H11N2O2W-. The molecule has 0 bridgehead atoms. The summed E-state index contributed by atoms with van der Waals surface area (Å²) < 4.78 is 0. The summed E-state index contributed by atoms with van der Waals surface area (Å²) in [6.07, 6.45) is 3.16. The van der Waals surface area contributed by atoms with Gasteiger partial charge in [-0.2, -0.15) is 6.41 Å². The van der Waals surface area contributed by atoms with E-state index in [-0.39, 0.29) is 26.8 Å². The monoisotopic (exact) mass is 411 g/mol. The SMILES string of the molecule is CC(=O)c1cnc(CN[C-]=O)c2ccccc12.[W]. The maximum Gasteiger partial charge on any atom is 0.161 e. The zero-order valence-electron chi connectivity index (χ0n) is 9.77.